The van der Waals surface area contributed by atoms with Crippen LogP contribution in [0, 0.1) is 0 Å². The Bertz CT molecular complexity index is 40.4. The van der Waals surface area contributed by atoms with Crippen LogP contribution < -0.4 is 0 Å². The Kier molecular flexibility index (Phi) is 107. The molecule has 84 valence electrons. The van der Waals surface area contributed by atoms with Crippen LogP contribution in [0.4, 0.5) is 0 Å². The molecule has 0 unspecified atom stereocenters. The molecule has 0 atom stereocenters. The lowest BCUT2D eigenvalue weighted by atomic mass is 10.3. The second-order valence-electron chi connectivity index (χ2n) is 1.82. The molecule has 0 aliphatic carbocycles. The SMILES string of the molecule is C=CCO.CC.CC.CCCCC. The molecule has 0 bridgehead atoms. The average Bonchev–Trinajstić information content (AvgIpc) is 2.25. The fraction of sp³-hybridized carbons (Fsp3) is 0.833. The van der Waals surface area contributed by atoms with Gasteiger partial charge < -0.3 is 5.11 Å². The molecule has 0 aromatic carbocycles. The maximum absolute atomic E-state index is 7.76. The average molecular weight is 190 g/mol. The lowest BCUT2D eigenvalue weighted by molar-refractivity contribution is 0.343. The van der Waals surface area contributed by atoms with Crippen LogP contribution in [0.3, 0.4) is 0 Å². The summed E-state index contributed by atoms with van der Waals surface area (Å²) >= 11 is 0. The first kappa shape index (κ1) is 23.0. The Morgan fingerprint density at radius 1 is 1.00 bits per heavy atom. The monoisotopic (exact) mass is 190 g/mol. The zero-order chi connectivity index (χ0) is 11.5. The molecule has 0 amide bonds. The molecular formula is C12H30O. The summed E-state index contributed by atoms with van der Waals surface area (Å²) in [5.41, 5.74) is 0. The Morgan fingerprint density at radius 3 is 1.23 bits per heavy atom. The van der Waals surface area contributed by atoms with E-state index < -0.39 is 0 Å². The maximum Gasteiger partial charge on any atom is 0.0609 e. The largest absolute Gasteiger partial charge is 0.392 e. The highest BCUT2D eigenvalue weighted by molar-refractivity contribution is 4.60. The van der Waals surface area contributed by atoms with E-state index in [1.165, 1.54) is 25.3 Å². The predicted molar refractivity (Wildman–Crippen MR) is 65.2 cm³/mol. The van der Waals surface area contributed by atoms with Gasteiger partial charge in [0.1, 0.15) is 0 Å². The van der Waals surface area contributed by atoms with Gasteiger partial charge in [-0.15, -0.1) is 6.58 Å². The minimum Gasteiger partial charge on any atom is -0.392 e. The first-order chi connectivity index (χ1) is 6.33. The fourth-order valence-electron chi connectivity index (χ4n) is 0.354. The van der Waals surface area contributed by atoms with Gasteiger partial charge in [0, 0.05) is 0 Å². The van der Waals surface area contributed by atoms with Crippen LogP contribution in [0.5, 0.6) is 0 Å². The first-order valence-electron chi connectivity index (χ1n) is 5.55. The third-order valence-electron chi connectivity index (χ3n) is 0.836. The van der Waals surface area contributed by atoms with E-state index in [1.54, 1.807) is 0 Å². The van der Waals surface area contributed by atoms with Crippen LogP contribution in [-0.4, -0.2) is 11.7 Å². The van der Waals surface area contributed by atoms with Crippen LogP contribution in [0.2, 0.25) is 0 Å². The summed E-state index contributed by atoms with van der Waals surface area (Å²) in [4.78, 5) is 0. The Hall–Kier alpha value is -0.300. The number of aliphatic hydroxyl groups is 1. The zero-order valence-corrected chi connectivity index (χ0v) is 10.6. The summed E-state index contributed by atoms with van der Waals surface area (Å²) in [6.07, 6.45) is 5.51. The van der Waals surface area contributed by atoms with Crippen LogP contribution in [0.1, 0.15) is 60.8 Å². The standard InChI is InChI=1S/C5H12.C3H6O.2C2H6/c1-3-5-4-2;1-2-3-4;2*1-2/h3-5H2,1-2H3;2,4H,1,3H2;2*1-2H3. The Balaban J connectivity index is -0.0000000457. The number of hydrogen-bond donors (Lipinski definition) is 1. The van der Waals surface area contributed by atoms with Gasteiger partial charge in [-0.25, -0.2) is 0 Å². The van der Waals surface area contributed by atoms with E-state index in [2.05, 4.69) is 20.4 Å². The highest BCUT2D eigenvalue weighted by Gasteiger charge is 1.68. The summed E-state index contributed by atoms with van der Waals surface area (Å²) in [5, 5.41) is 7.76. The van der Waals surface area contributed by atoms with Crippen molar-refractivity contribution in [3.05, 3.63) is 12.7 Å². The maximum atomic E-state index is 7.76. The van der Waals surface area contributed by atoms with Crippen LogP contribution >= 0.6 is 0 Å². The first-order valence-corrected chi connectivity index (χ1v) is 5.55. The molecule has 0 heterocycles. The van der Waals surface area contributed by atoms with E-state index in [1.807, 2.05) is 27.7 Å². The highest BCUT2D eigenvalue weighted by atomic mass is 16.2. The lowest BCUT2D eigenvalue weighted by Crippen LogP contribution is -1.62. The van der Waals surface area contributed by atoms with E-state index in [-0.39, 0.29) is 6.61 Å². The van der Waals surface area contributed by atoms with Crippen LogP contribution in [-0.2, 0) is 0 Å². The molecule has 1 nitrogen and oxygen atoms in total. The number of aliphatic hydroxyl groups excluding tert-OH is 1. The molecule has 1 heteroatoms. The predicted octanol–water partition coefficient (Wildman–Crippen LogP) is 4.41. The molecule has 0 aliphatic rings. The highest BCUT2D eigenvalue weighted by Crippen LogP contribution is 1.88. The van der Waals surface area contributed by atoms with Crippen molar-refractivity contribution in [3.63, 3.8) is 0 Å². The van der Waals surface area contributed by atoms with Gasteiger partial charge in [0.15, 0.2) is 0 Å². The number of rotatable bonds is 3. The van der Waals surface area contributed by atoms with E-state index in [4.69, 9.17) is 5.11 Å². The molecular weight excluding hydrogens is 160 g/mol. The number of hydrogen-bond acceptors (Lipinski definition) is 1. The molecule has 0 aromatic rings. The number of unbranched alkanes of at least 4 members (excludes halogenated alkanes) is 2. The van der Waals surface area contributed by atoms with Gasteiger partial charge in [-0.1, -0.05) is 66.9 Å². The van der Waals surface area contributed by atoms with Gasteiger partial charge in [-0.05, 0) is 0 Å². The van der Waals surface area contributed by atoms with Crippen molar-refractivity contribution in [2.24, 2.45) is 0 Å². The fourth-order valence-corrected chi connectivity index (χ4v) is 0.354. The molecule has 0 spiro atoms. The molecule has 0 rings (SSSR count). The van der Waals surface area contributed by atoms with Gasteiger partial charge >= 0.3 is 0 Å². The van der Waals surface area contributed by atoms with E-state index in [0.717, 1.165) is 0 Å². The normalized spacial score (nSPS) is 6.08. The minimum atomic E-state index is 0.0833. The third-order valence-corrected chi connectivity index (χ3v) is 0.836. The minimum absolute atomic E-state index is 0.0833. The van der Waals surface area contributed by atoms with Gasteiger partial charge in [0.05, 0.1) is 6.61 Å². The Morgan fingerprint density at radius 2 is 1.23 bits per heavy atom. The van der Waals surface area contributed by atoms with Crippen LogP contribution in [0.15, 0.2) is 12.7 Å². The van der Waals surface area contributed by atoms with E-state index in [9.17, 15) is 0 Å². The van der Waals surface area contributed by atoms with Gasteiger partial charge in [0.25, 0.3) is 0 Å². The molecule has 0 aromatic heterocycles. The lowest BCUT2D eigenvalue weighted by Gasteiger charge is -1.79. The summed E-state index contributed by atoms with van der Waals surface area (Å²) in [5.74, 6) is 0. The molecule has 0 radical (unpaired) electrons. The summed E-state index contributed by atoms with van der Waals surface area (Å²) in [6, 6.07) is 0. The topological polar surface area (TPSA) is 20.2 Å². The molecule has 0 fully saturated rings. The van der Waals surface area contributed by atoms with Gasteiger partial charge in [-0.2, -0.15) is 0 Å². The summed E-state index contributed by atoms with van der Waals surface area (Å²) < 4.78 is 0. The molecule has 0 saturated carbocycles. The summed E-state index contributed by atoms with van der Waals surface area (Å²) in [7, 11) is 0. The summed E-state index contributed by atoms with van der Waals surface area (Å²) in [6.45, 7) is 15.7. The Labute approximate surface area is 85.9 Å². The van der Waals surface area contributed by atoms with Gasteiger partial charge in [-0.3, -0.25) is 0 Å². The van der Waals surface area contributed by atoms with E-state index >= 15 is 0 Å². The molecule has 0 aliphatic heterocycles. The van der Waals surface area contributed by atoms with Crippen molar-refractivity contribution in [2.75, 3.05) is 6.61 Å². The zero-order valence-electron chi connectivity index (χ0n) is 10.6. The third kappa shape index (κ3) is 151. The second kappa shape index (κ2) is 60.6. The smallest absolute Gasteiger partial charge is 0.0609 e. The van der Waals surface area contributed by atoms with Crippen molar-refractivity contribution in [1.82, 2.24) is 0 Å². The molecule has 1 N–H and O–H groups in total. The van der Waals surface area contributed by atoms with E-state index in [0.29, 0.717) is 0 Å². The second-order valence-corrected chi connectivity index (χ2v) is 1.82. The molecule has 0 saturated heterocycles. The van der Waals surface area contributed by atoms with Crippen molar-refractivity contribution >= 4 is 0 Å². The van der Waals surface area contributed by atoms with Crippen molar-refractivity contribution < 1.29 is 5.11 Å². The quantitative estimate of drug-likeness (QED) is 0.653. The van der Waals surface area contributed by atoms with Crippen molar-refractivity contribution in [3.8, 4) is 0 Å². The van der Waals surface area contributed by atoms with Gasteiger partial charge in [0.2, 0.25) is 0 Å². The van der Waals surface area contributed by atoms with Crippen LogP contribution in [0.25, 0.3) is 0 Å². The van der Waals surface area contributed by atoms with Crippen molar-refractivity contribution in [1.29, 1.82) is 0 Å². The van der Waals surface area contributed by atoms with Crippen molar-refractivity contribution in [2.45, 2.75) is 60.8 Å². The molecule has 13 heavy (non-hydrogen) atoms.